The third-order valence-electron chi connectivity index (χ3n) is 3.18. The highest BCUT2D eigenvalue weighted by Gasteiger charge is 2.12. The number of carbonyl (C=O) groups excluding carboxylic acids is 1. The lowest BCUT2D eigenvalue weighted by Crippen LogP contribution is -2.24. The minimum Gasteiger partial charge on any atom is -0.478 e. The van der Waals surface area contributed by atoms with Crippen molar-refractivity contribution < 1.29 is 19.5 Å². The van der Waals surface area contributed by atoms with Gasteiger partial charge in [-0.05, 0) is 39.3 Å². The lowest BCUT2D eigenvalue weighted by Gasteiger charge is -2.22. The van der Waals surface area contributed by atoms with Gasteiger partial charge in [0.2, 0.25) is 0 Å². The van der Waals surface area contributed by atoms with Gasteiger partial charge in [0.05, 0.1) is 11.3 Å². The van der Waals surface area contributed by atoms with Crippen LogP contribution >= 0.6 is 0 Å². The van der Waals surface area contributed by atoms with Gasteiger partial charge in [0.25, 0.3) is 0 Å². The summed E-state index contributed by atoms with van der Waals surface area (Å²) in [4.78, 5) is 27.4. The second-order valence-corrected chi connectivity index (χ2v) is 4.70. The average molecular weight is 322 g/mol. The molecule has 0 aliphatic carbocycles. The number of nitrogens with zero attached hydrogens (tertiary/aromatic N) is 1. The number of rotatable bonds is 6. The van der Waals surface area contributed by atoms with Crippen molar-refractivity contribution in [2.45, 2.75) is 34.1 Å². The van der Waals surface area contributed by atoms with Crippen LogP contribution in [0.15, 0.2) is 35.9 Å². The second kappa shape index (κ2) is 11.3. The lowest BCUT2D eigenvalue weighted by atomic mass is 10.1. The number of allylic oxidation sites excluding steroid dienone is 1. The fourth-order valence-electron chi connectivity index (χ4n) is 1.98. The van der Waals surface area contributed by atoms with Crippen LogP contribution in [0.5, 0.6) is 0 Å². The maximum absolute atomic E-state index is 10.9. The molecule has 0 atom stereocenters. The molecule has 128 valence electrons. The zero-order valence-electron chi connectivity index (χ0n) is 14.2. The average Bonchev–Trinajstić information content (AvgIpc) is 2.56. The molecule has 0 fully saturated rings. The number of nitrogens with two attached hydrogens (primary N) is 1. The van der Waals surface area contributed by atoms with Crippen molar-refractivity contribution >= 4 is 17.6 Å². The molecule has 0 amide bonds. The summed E-state index contributed by atoms with van der Waals surface area (Å²) in [6.45, 7) is 9.28. The van der Waals surface area contributed by atoms with Crippen LogP contribution in [0.4, 0.5) is 5.69 Å². The minimum absolute atomic E-state index is 0.371. The Bertz CT molecular complexity index is 537. The molecule has 0 radical (unpaired) electrons. The Balaban J connectivity index is 0.000000468. The van der Waals surface area contributed by atoms with Gasteiger partial charge in [0, 0.05) is 18.7 Å². The lowest BCUT2D eigenvalue weighted by molar-refractivity contribution is -0.139. The number of para-hydroxylation sites is 1. The molecule has 1 aromatic rings. The topological polar surface area (TPSA) is 92.9 Å². The second-order valence-electron chi connectivity index (χ2n) is 4.70. The Labute approximate surface area is 137 Å². The highest BCUT2D eigenvalue weighted by molar-refractivity contribution is 5.94. The van der Waals surface area contributed by atoms with Crippen LogP contribution in [0.1, 0.15) is 44.5 Å². The van der Waals surface area contributed by atoms with E-state index in [-0.39, 0.29) is 0 Å². The molecule has 0 saturated carbocycles. The molecule has 6 nitrogen and oxygen atoms in total. The molecule has 0 aliphatic heterocycles. The van der Waals surface area contributed by atoms with Gasteiger partial charge >= 0.3 is 11.9 Å². The number of carboxylic acids is 1. The van der Waals surface area contributed by atoms with Crippen molar-refractivity contribution in [1.29, 1.82) is 0 Å². The number of hydrogen-bond acceptors (Lipinski definition) is 5. The normalized spacial score (nSPS) is 10.4. The van der Waals surface area contributed by atoms with E-state index in [9.17, 15) is 9.59 Å². The summed E-state index contributed by atoms with van der Waals surface area (Å²) in [6, 6.07) is 7.09. The first kappa shape index (κ1) is 20.7. The summed E-state index contributed by atoms with van der Waals surface area (Å²) in [5.74, 6) is 3.28. The van der Waals surface area contributed by atoms with Crippen molar-refractivity contribution in [3.05, 3.63) is 41.5 Å². The Morgan fingerprint density at radius 2 is 1.78 bits per heavy atom. The monoisotopic (exact) mass is 322 g/mol. The highest BCUT2D eigenvalue weighted by atomic mass is 16.7. The smallest absolute Gasteiger partial charge is 0.351 e. The third-order valence-corrected chi connectivity index (χ3v) is 3.18. The van der Waals surface area contributed by atoms with E-state index < -0.39 is 11.9 Å². The number of carboxylic acid groups (broad SMARTS) is 1. The maximum atomic E-state index is 10.9. The summed E-state index contributed by atoms with van der Waals surface area (Å²) >= 11 is 0. The van der Waals surface area contributed by atoms with E-state index in [2.05, 4.69) is 10.7 Å². The quantitative estimate of drug-likeness (QED) is 0.618. The van der Waals surface area contributed by atoms with Gasteiger partial charge in [-0.2, -0.15) is 5.90 Å². The number of hydrogen-bond donors (Lipinski definition) is 2. The summed E-state index contributed by atoms with van der Waals surface area (Å²) in [7, 11) is 0. The number of anilines is 1. The van der Waals surface area contributed by atoms with Gasteiger partial charge in [-0.25, -0.2) is 9.59 Å². The molecular formula is C17H26N2O4. The van der Waals surface area contributed by atoms with Gasteiger partial charge in [0.1, 0.15) is 0 Å². The number of aromatic carboxylic acids is 1. The molecule has 1 rings (SSSR count). The molecular weight excluding hydrogens is 296 g/mol. The van der Waals surface area contributed by atoms with Crippen LogP contribution in [-0.4, -0.2) is 30.1 Å². The van der Waals surface area contributed by atoms with Crippen LogP contribution in [0, 0.1) is 0 Å². The van der Waals surface area contributed by atoms with Crippen molar-refractivity contribution in [2.24, 2.45) is 5.90 Å². The van der Waals surface area contributed by atoms with Gasteiger partial charge < -0.3 is 14.8 Å². The largest absolute Gasteiger partial charge is 0.478 e. The first-order valence-corrected chi connectivity index (χ1v) is 7.57. The van der Waals surface area contributed by atoms with Gasteiger partial charge in [-0.3, -0.25) is 0 Å². The minimum atomic E-state index is -0.868. The summed E-state index contributed by atoms with van der Waals surface area (Å²) in [5.41, 5.74) is 1.72. The van der Waals surface area contributed by atoms with E-state index >= 15 is 0 Å². The van der Waals surface area contributed by atoms with Crippen LogP contribution in [0.2, 0.25) is 0 Å². The third kappa shape index (κ3) is 6.97. The first-order valence-electron chi connectivity index (χ1n) is 7.57. The van der Waals surface area contributed by atoms with E-state index in [0.29, 0.717) is 11.1 Å². The predicted octanol–water partition coefficient (Wildman–Crippen LogP) is 2.99. The highest BCUT2D eigenvalue weighted by Crippen LogP contribution is 2.19. The molecule has 3 N–H and O–H groups in total. The molecule has 0 spiro atoms. The Kier molecular flexibility index (Phi) is 10.1. The molecule has 23 heavy (non-hydrogen) atoms. The van der Waals surface area contributed by atoms with E-state index in [1.54, 1.807) is 25.1 Å². The molecule has 1 aromatic carbocycles. The first-order chi connectivity index (χ1) is 10.9. The summed E-state index contributed by atoms with van der Waals surface area (Å²) in [5, 5.41) is 8.98. The SMILES string of the molecule is CCC=C(C)C(=O)ON.CCN(CC)c1ccccc1C(=O)O. The molecule has 0 heterocycles. The fourth-order valence-corrected chi connectivity index (χ4v) is 1.98. The molecule has 0 unspecified atom stereocenters. The molecule has 0 aliphatic rings. The molecule has 0 saturated heterocycles. The Hall–Kier alpha value is -2.34. The standard InChI is InChI=1S/C11H15NO2.C6H11NO2/c1-3-12(4-2)10-8-6-5-7-9(10)11(13)14;1-3-4-5(2)6(8)9-7/h5-8H,3-4H2,1-2H3,(H,13,14);4H,3,7H2,1-2H3. The van der Waals surface area contributed by atoms with Crippen LogP contribution < -0.4 is 10.8 Å². The van der Waals surface area contributed by atoms with Crippen molar-refractivity contribution in [3.8, 4) is 0 Å². The summed E-state index contributed by atoms with van der Waals surface area (Å²) in [6.07, 6.45) is 2.58. The van der Waals surface area contributed by atoms with E-state index in [0.717, 1.165) is 25.2 Å². The van der Waals surface area contributed by atoms with E-state index in [1.165, 1.54) is 0 Å². The fraction of sp³-hybridized carbons (Fsp3) is 0.412. The van der Waals surface area contributed by atoms with Crippen molar-refractivity contribution in [3.63, 3.8) is 0 Å². The Morgan fingerprint density at radius 1 is 1.22 bits per heavy atom. The number of carbonyl (C=O) groups is 2. The maximum Gasteiger partial charge on any atom is 0.351 e. The number of benzene rings is 1. The van der Waals surface area contributed by atoms with Crippen molar-refractivity contribution in [2.75, 3.05) is 18.0 Å². The van der Waals surface area contributed by atoms with Gasteiger partial charge in [-0.1, -0.05) is 25.1 Å². The molecule has 6 heteroatoms. The summed E-state index contributed by atoms with van der Waals surface area (Å²) < 4.78 is 0. The van der Waals surface area contributed by atoms with Crippen LogP contribution in [-0.2, 0) is 9.63 Å². The Morgan fingerprint density at radius 3 is 2.22 bits per heavy atom. The van der Waals surface area contributed by atoms with Gasteiger partial charge in [-0.15, -0.1) is 0 Å². The predicted molar refractivity (Wildman–Crippen MR) is 91.3 cm³/mol. The van der Waals surface area contributed by atoms with E-state index in [1.807, 2.05) is 37.8 Å². The zero-order valence-corrected chi connectivity index (χ0v) is 14.2. The van der Waals surface area contributed by atoms with Crippen LogP contribution in [0.25, 0.3) is 0 Å². The molecule has 0 bridgehead atoms. The van der Waals surface area contributed by atoms with Gasteiger partial charge in [0.15, 0.2) is 0 Å². The van der Waals surface area contributed by atoms with E-state index in [4.69, 9.17) is 5.11 Å². The molecule has 0 aromatic heterocycles. The van der Waals surface area contributed by atoms with Crippen molar-refractivity contribution in [1.82, 2.24) is 0 Å². The zero-order chi connectivity index (χ0) is 17.8. The van der Waals surface area contributed by atoms with Crippen LogP contribution in [0.3, 0.4) is 0 Å².